The van der Waals surface area contributed by atoms with Crippen LogP contribution in [0, 0.1) is 5.92 Å². The highest BCUT2D eigenvalue weighted by molar-refractivity contribution is 6.36. The fraction of sp³-hybridized carbons (Fsp3) is 0.538. The van der Waals surface area contributed by atoms with Gasteiger partial charge in [0.2, 0.25) is 0 Å². The molecule has 16 heavy (non-hydrogen) atoms. The molecule has 0 aliphatic heterocycles. The number of hydrogen-bond acceptors (Lipinski definition) is 1. The van der Waals surface area contributed by atoms with Crippen molar-refractivity contribution in [2.45, 2.75) is 25.7 Å². The van der Waals surface area contributed by atoms with E-state index in [1.54, 1.807) is 0 Å². The quantitative estimate of drug-likeness (QED) is 0.864. The van der Waals surface area contributed by atoms with E-state index < -0.39 is 0 Å². The lowest BCUT2D eigenvalue weighted by molar-refractivity contribution is 0.556. The van der Waals surface area contributed by atoms with Crippen molar-refractivity contribution < 1.29 is 0 Å². The third-order valence-corrected chi connectivity index (χ3v) is 4.23. The molecule has 0 aromatic heterocycles. The number of likely N-dealkylation sites (N-methyl/N-ethyl adjacent to an activating group) is 1. The molecule has 2 rings (SSSR count). The van der Waals surface area contributed by atoms with Crippen molar-refractivity contribution in [3.8, 4) is 0 Å². The fourth-order valence-electron chi connectivity index (χ4n) is 2.49. The molecule has 3 heteroatoms. The van der Waals surface area contributed by atoms with Gasteiger partial charge in [0.15, 0.2) is 0 Å². The second-order valence-electron chi connectivity index (χ2n) is 4.64. The number of nitrogens with one attached hydrogen (secondary N) is 1. The summed E-state index contributed by atoms with van der Waals surface area (Å²) in [6.07, 6.45) is 1.17. The highest BCUT2D eigenvalue weighted by Gasteiger charge is 2.53. The molecule has 1 saturated carbocycles. The van der Waals surface area contributed by atoms with E-state index in [4.69, 9.17) is 23.2 Å². The van der Waals surface area contributed by atoms with E-state index in [1.807, 2.05) is 18.2 Å². The molecule has 0 heterocycles. The highest BCUT2D eigenvalue weighted by atomic mass is 35.5. The van der Waals surface area contributed by atoms with Gasteiger partial charge in [-0.25, -0.2) is 0 Å². The van der Waals surface area contributed by atoms with Crippen LogP contribution in [0.2, 0.25) is 10.0 Å². The molecule has 88 valence electrons. The molecular formula is C13H17Cl2N. The van der Waals surface area contributed by atoms with Gasteiger partial charge in [0.25, 0.3) is 0 Å². The van der Waals surface area contributed by atoms with E-state index in [2.05, 4.69) is 19.2 Å². The van der Waals surface area contributed by atoms with Crippen molar-refractivity contribution in [1.82, 2.24) is 5.32 Å². The van der Waals surface area contributed by atoms with Gasteiger partial charge in [-0.1, -0.05) is 43.1 Å². The Labute approximate surface area is 107 Å². The Hall–Kier alpha value is -0.240. The Morgan fingerprint density at radius 2 is 1.94 bits per heavy atom. The summed E-state index contributed by atoms with van der Waals surface area (Å²) in [5, 5.41) is 5.02. The van der Waals surface area contributed by atoms with Gasteiger partial charge in [0.05, 0.1) is 0 Å². The van der Waals surface area contributed by atoms with Crippen LogP contribution in [0.1, 0.15) is 25.8 Å². The lowest BCUT2D eigenvalue weighted by Crippen LogP contribution is -2.28. The van der Waals surface area contributed by atoms with E-state index in [-0.39, 0.29) is 5.41 Å². The van der Waals surface area contributed by atoms with Crippen molar-refractivity contribution in [2.75, 3.05) is 13.1 Å². The maximum absolute atomic E-state index is 6.29. The van der Waals surface area contributed by atoms with Crippen molar-refractivity contribution in [3.63, 3.8) is 0 Å². The Balaban J connectivity index is 2.34. The van der Waals surface area contributed by atoms with Gasteiger partial charge in [0.1, 0.15) is 0 Å². The molecule has 2 atom stereocenters. The molecule has 0 saturated heterocycles. The van der Waals surface area contributed by atoms with Gasteiger partial charge in [-0.2, -0.15) is 0 Å². The standard InChI is InChI=1S/C13H17Cl2N/c1-3-16-8-13(7-9(13)2)12-10(14)5-4-6-11(12)15/h4-6,9,16H,3,7-8H2,1-2H3. The van der Waals surface area contributed by atoms with E-state index in [9.17, 15) is 0 Å². The zero-order valence-corrected chi connectivity index (χ0v) is 11.2. The summed E-state index contributed by atoms with van der Waals surface area (Å²) in [5.74, 6) is 0.656. The summed E-state index contributed by atoms with van der Waals surface area (Å²) in [6, 6.07) is 5.77. The Morgan fingerprint density at radius 3 is 2.38 bits per heavy atom. The lowest BCUT2D eigenvalue weighted by Gasteiger charge is -2.20. The Bertz CT molecular complexity index is 371. The molecule has 1 aromatic rings. The summed E-state index contributed by atoms with van der Waals surface area (Å²) in [7, 11) is 0. The molecular weight excluding hydrogens is 241 g/mol. The van der Waals surface area contributed by atoms with Gasteiger partial charge >= 0.3 is 0 Å². The summed E-state index contributed by atoms with van der Waals surface area (Å²) in [5.41, 5.74) is 1.29. The Kier molecular flexibility index (Phi) is 3.48. The molecule has 1 aromatic carbocycles. The number of hydrogen-bond donors (Lipinski definition) is 1. The smallest absolute Gasteiger partial charge is 0.0459 e. The SMILES string of the molecule is CCNCC1(c2c(Cl)cccc2Cl)CC1C. The van der Waals surface area contributed by atoms with Gasteiger partial charge in [-0.3, -0.25) is 0 Å². The molecule has 0 spiro atoms. The summed E-state index contributed by atoms with van der Waals surface area (Å²) in [4.78, 5) is 0. The van der Waals surface area contributed by atoms with Gasteiger partial charge < -0.3 is 5.32 Å². The van der Waals surface area contributed by atoms with Crippen molar-refractivity contribution in [3.05, 3.63) is 33.8 Å². The first kappa shape index (κ1) is 12.2. The topological polar surface area (TPSA) is 12.0 Å². The van der Waals surface area contributed by atoms with E-state index >= 15 is 0 Å². The molecule has 1 fully saturated rings. The zero-order valence-electron chi connectivity index (χ0n) is 9.69. The number of halogens is 2. The predicted octanol–water partition coefficient (Wildman–Crippen LogP) is 3.88. The minimum atomic E-state index is 0.158. The zero-order chi connectivity index (χ0) is 11.8. The molecule has 1 N–H and O–H groups in total. The normalized spacial score (nSPS) is 28.1. The monoisotopic (exact) mass is 257 g/mol. The molecule has 2 unspecified atom stereocenters. The van der Waals surface area contributed by atoms with Crippen LogP contribution in [0.5, 0.6) is 0 Å². The predicted molar refractivity (Wildman–Crippen MR) is 70.5 cm³/mol. The number of rotatable bonds is 4. The fourth-order valence-corrected chi connectivity index (χ4v) is 3.27. The molecule has 0 bridgehead atoms. The number of benzene rings is 1. The maximum atomic E-state index is 6.29. The van der Waals surface area contributed by atoms with Crippen LogP contribution in [0.3, 0.4) is 0 Å². The molecule has 0 radical (unpaired) electrons. The molecule has 1 aliphatic rings. The van der Waals surface area contributed by atoms with Crippen LogP contribution >= 0.6 is 23.2 Å². The van der Waals surface area contributed by atoms with Crippen LogP contribution in [0.25, 0.3) is 0 Å². The van der Waals surface area contributed by atoms with Crippen LogP contribution in [0.4, 0.5) is 0 Å². The van der Waals surface area contributed by atoms with Crippen LogP contribution < -0.4 is 5.32 Å². The van der Waals surface area contributed by atoms with Crippen molar-refractivity contribution >= 4 is 23.2 Å². The van der Waals surface area contributed by atoms with E-state index in [0.29, 0.717) is 5.92 Å². The minimum Gasteiger partial charge on any atom is -0.316 e. The first-order valence-electron chi connectivity index (χ1n) is 5.77. The molecule has 0 amide bonds. The van der Waals surface area contributed by atoms with E-state index in [0.717, 1.165) is 28.7 Å². The Morgan fingerprint density at radius 1 is 1.38 bits per heavy atom. The summed E-state index contributed by atoms with van der Waals surface area (Å²) < 4.78 is 0. The van der Waals surface area contributed by atoms with E-state index in [1.165, 1.54) is 6.42 Å². The first-order chi connectivity index (χ1) is 7.62. The third-order valence-electron chi connectivity index (χ3n) is 3.60. The van der Waals surface area contributed by atoms with Crippen molar-refractivity contribution in [1.29, 1.82) is 0 Å². The highest BCUT2D eigenvalue weighted by Crippen LogP contribution is 2.57. The molecule has 1 aliphatic carbocycles. The largest absolute Gasteiger partial charge is 0.316 e. The third kappa shape index (κ3) is 1.97. The summed E-state index contributed by atoms with van der Waals surface area (Å²) in [6.45, 7) is 6.33. The summed E-state index contributed by atoms with van der Waals surface area (Å²) >= 11 is 12.6. The molecule has 1 nitrogen and oxygen atoms in total. The lowest BCUT2D eigenvalue weighted by atomic mass is 9.93. The van der Waals surface area contributed by atoms with Crippen LogP contribution in [-0.4, -0.2) is 13.1 Å². The second kappa shape index (κ2) is 4.56. The maximum Gasteiger partial charge on any atom is 0.0459 e. The van der Waals surface area contributed by atoms with Crippen LogP contribution in [-0.2, 0) is 5.41 Å². The van der Waals surface area contributed by atoms with Gasteiger partial charge in [-0.05, 0) is 36.6 Å². The average Bonchev–Trinajstić information content (AvgIpc) is 2.87. The first-order valence-corrected chi connectivity index (χ1v) is 6.52. The van der Waals surface area contributed by atoms with Gasteiger partial charge in [-0.15, -0.1) is 0 Å². The second-order valence-corrected chi connectivity index (χ2v) is 5.45. The van der Waals surface area contributed by atoms with Crippen molar-refractivity contribution in [2.24, 2.45) is 5.92 Å². The van der Waals surface area contributed by atoms with Crippen LogP contribution in [0.15, 0.2) is 18.2 Å². The average molecular weight is 258 g/mol. The minimum absolute atomic E-state index is 0.158. The van der Waals surface area contributed by atoms with Gasteiger partial charge in [0, 0.05) is 22.0 Å².